The molecule has 1 N–H and O–H groups in total. The highest BCUT2D eigenvalue weighted by Crippen LogP contribution is 2.41. The second-order valence-corrected chi connectivity index (χ2v) is 8.92. The molecule has 3 aromatic rings. The van der Waals surface area contributed by atoms with Crippen molar-refractivity contribution in [3.63, 3.8) is 0 Å². The average molecular weight is 492 g/mol. The Balaban J connectivity index is 1.87. The molecule has 1 atom stereocenters. The third-order valence-electron chi connectivity index (χ3n) is 5.74. The summed E-state index contributed by atoms with van der Waals surface area (Å²) in [6.45, 7) is 3.95. The van der Waals surface area contributed by atoms with Gasteiger partial charge in [0, 0.05) is 16.1 Å². The summed E-state index contributed by atoms with van der Waals surface area (Å²) in [5.74, 6) is -0.517. The van der Waals surface area contributed by atoms with Crippen LogP contribution in [0, 0.1) is 0 Å². The maximum atomic E-state index is 13.3. The van der Waals surface area contributed by atoms with E-state index in [1.807, 2.05) is 44.2 Å². The van der Waals surface area contributed by atoms with E-state index >= 15 is 0 Å². The van der Waals surface area contributed by atoms with E-state index in [1.165, 1.54) is 4.90 Å². The molecule has 1 heterocycles. The van der Waals surface area contributed by atoms with Crippen molar-refractivity contribution in [3.05, 3.63) is 100 Å². The van der Waals surface area contributed by atoms with Crippen LogP contribution >= 0.6 is 11.6 Å². The summed E-state index contributed by atoms with van der Waals surface area (Å²) in [5, 5.41) is 11.7. The van der Waals surface area contributed by atoms with Crippen molar-refractivity contribution in [2.24, 2.45) is 0 Å². The van der Waals surface area contributed by atoms with E-state index in [1.54, 1.807) is 49.6 Å². The van der Waals surface area contributed by atoms with Gasteiger partial charge in [-0.15, -0.1) is 0 Å². The molecule has 0 radical (unpaired) electrons. The van der Waals surface area contributed by atoms with Gasteiger partial charge in [0.25, 0.3) is 11.7 Å². The molecule has 3 aromatic carbocycles. The van der Waals surface area contributed by atoms with Gasteiger partial charge in [-0.2, -0.15) is 0 Å². The van der Waals surface area contributed by atoms with Gasteiger partial charge in [0.05, 0.1) is 31.4 Å². The van der Waals surface area contributed by atoms with Gasteiger partial charge >= 0.3 is 0 Å². The molecule has 1 unspecified atom stereocenters. The molecule has 0 bridgehead atoms. The largest absolute Gasteiger partial charge is 0.507 e. The van der Waals surface area contributed by atoms with Gasteiger partial charge in [-0.1, -0.05) is 41.9 Å². The van der Waals surface area contributed by atoms with Gasteiger partial charge < -0.3 is 19.5 Å². The number of ether oxygens (including phenoxy) is 2. The van der Waals surface area contributed by atoms with Gasteiger partial charge in [0.15, 0.2) is 0 Å². The summed E-state index contributed by atoms with van der Waals surface area (Å²) in [4.78, 5) is 28.0. The molecule has 7 heteroatoms. The zero-order valence-corrected chi connectivity index (χ0v) is 20.5. The molecular formula is C28H26ClNO5. The fourth-order valence-corrected chi connectivity index (χ4v) is 4.33. The van der Waals surface area contributed by atoms with E-state index in [4.69, 9.17) is 21.1 Å². The molecular weight excluding hydrogens is 466 g/mol. The number of rotatable bonds is 7. The number of aliphatic hydroxyl groups is 1. The second kappa shape index (κ2) is 10.2. The number of para-hydroxylation sites is 1. The van der Waals surface area contributed by atoms with Crippen molar-refractivity contribution in [3.8, 4) is 11.5 Å². The first-order valence-electron chi connectivity index (χ1n) is 11.2. The van der Waals surface area contributed by atoms with Crippen molar-refractivity contribution < 1.29 is 24.2 Å². The summed E-state index contributed by atoms with van der Waals surface area (Å²) in [5.41, 5.74) is 1.79. The normalized spacial score (nSPS) is 17.2. The highest BCUT2D eigenvalue weighted by atomic mass is 35.5. The number of amides is 1. The highest BCUT2D eigenvalue weighted by molar-refractivity contribution is 6.46. The van der Waals surface area contributed by atoms with Crippen molar-refractivity contribution in [2.45, 2.75) is 32.5 Å². The monoisotopic (exact) mass is 491 g/mol. The number of hydrogen-bond donors (Lipinski definition) is 1. The van der Waals surface area contributed by atoms with Crippen LogP contribution in [0.1, 0.15) is 36.6 Å². The summed E-state index contributed by atoms with van der Waals surface area (Å²) in [6, 6.07) is 20.2. The molecule has 1 fully saturated rings. The smallest absolute Gasteiger partial charge is 0.295 e. The Morgan fingerprint density at radius 1 is 1.03 bits per heavy atom. The standard InChI is InChI=1S/C28H26ClNO5/c1-17(2)35-22-9-6-8-19(15-22)25-24(26(31)18-11-13-21(29)14-12-18)27(32)28(33)30(25)16-20-7-4-5-10-23(20)34-3/h4-15,17,25,31H,16H2,1-3H3/b26-24-. The van der Waals surface area contributed by atoms with Crippen LogP contribution in [0.25, 0.3) is 5.76 Å². The number of ketones is 1. The summed E-state index contributed by atoms with van der Waals surface area (Å²) >= 11 is 6.00. The zero-order chi connectivity index (χ0) is 25.1. The second-order valence-electron chi connectivity index (χ2n) is 8.48. The number of halogens is 1. The fourth-order valence-electron chi connectivity index (χ4n) is 4.20. The number of methoxy groups -OCH3 is 1. The Morgan fingerprint density at radius 2 is 1.74 bits per heavy atom. The molecule has 0 saturated carbocycles. The number of hydrogen-bond acceptors (Lipinski definition) is 5. The van der Waals surface area contributed by atoms with Gasteiger partial charge in [-0.05, 0) is 61.9 Å². The Hall–Kier alpha value is -3.77. The van der Waals surface area contributed by atoms with Crippen LogP contribution in [0.5, 0.6) is 11.5 Å². The minimum atomic E-state index is -0.827. The predicted molar refractivity (Wildman–Crippen MR) is 134 cm³/mol. The van der Waals surface area contributed by atoms with Gasteiger partial charge in [-0.25, -0.2) is 0 Å². The lowest BCUT2D eigenvalue weighted by atomic mass is 9.95. The van der Waals surface area contributed by atoms with Gasteiger partial charge in [0.1, 0.15) is 17.3 Å². The molecule has 4 rings (SSSR count). The van der Waals surface area contributed by atoms with E-state index in [-0.39, 0.29) is 24.0 Å². The van der Waals surface area contributed by atoms with Gasteiger partial charge in [0.2, 0.25) is 0 Å². The molecule has 1 aliphatic heterocycles. The summed E-state index contributed by atoms with van der Waals surface area (Å²) in [7, 11) is 1.55. The van der Waals surface area contributed by atoms with Crippen LogP contribution in [0.4, 0.5) is 0 Å². The van der Waals surface area contributed by atoms with Crippen molar-refractivity contribution in [1.82, 2.24) is 4.90 Å². The van der Waals surface area contributed by atoms with Crippen molar-refractivity contribution in [2.75, 3.05) is 7.11 Å². The van der Waals surface area contributed by atoms with Crippen LogP contribution in [-0.4, -0.2) is 34.9 Å². The van der Waals surface area contributed by atoms with E-state index in [2.05, 4.69) is 0 Å². The number of likely N-dealkylation sites (tertiary alicyclic amines) is 1. The van der Waals surface area contributed by atoms with Crippen molar-refractivity contribution in [1.29, 1.82) is 0 Å². The lowest BCUT2D eigenvalue weighted by Crippen LogP contribution is -2.29. The Bertz CT molecular complexity index is 1280. The van der Waals surface area contributed by atoms with Crippen LogP contribution < -0.4 is 9.47 Å². The Labute approximate surface area is 209 Å². The zero-order valence-electron chi connectivity index (χ0n) is 19.7. The molecule has 35 heavy (non-hydrogen) atoms. The van der Waals surface area contributed by atoms with E-state index in [9.17, 15) is 14.7 Å². The fraction of sp³-hybridized carbons (Fsp3) is 0.214. The number of nitrogens with zero attached hydrogens (tertiary/aromatic N) is 1. The Morgan fingerprint density at radius 3 is 2.43 bits per heavy atom. The third-order valence-corrected chi connectivity index (χ3v) is 5.99. The van der Waals surface area contributed by atoms with Crippen LogP contribution in [-0.2, 0) is 16.1 Å². The lowest BCUT2D eigenvalue weighted by molar-refractivity contribution is -0.140. The van der Waals surface area contributed by atoms with Gasteiger partial charge in [-0.3, -0.25) is 9.59 Å². The number of aliphatic hydroxyl groups excluding tert-OH is 1. The first-order valence-corrected chi connectivity index (χ1v) is 11.6. The van der Waals surface area contributed by atoms with Crippen molar-refractivity contribution >= 4 is 29.1 Å². The molecule has 1 aliphatic rings. The van der Waals surface area contributed by atoms with E-state index in [0.717, 1.165) is 5.56 Å². The predicted octanol–water partition coefficient (Wildman–Crippen LogP) is 5.76. The van der Waals surface area contributed by atoms with Crippen LogP contribution in [0.3, 0.4) is 0 Å². The number of carbonyl (C=O) groups excluding carboxylic acids is 2. The summed E-state index contributed by atoms with van der Waals surface area (Å²) in [6.07, 6.45) is -0.0562. The maximum Gasteiger partial charge on any atom is 0.295 e. The Kier molecular flexibility index (Phi) is 7.12. The summed E-state index contributed by atoms with van der Waals surface area (Å²) < 4.78 is 11.3. The SMILES string of the molecule is COc1ccccc1CN1C(=O)C(=O)/C(=C(\O)c2ccc(Cl)cc2)C1c1cccc(OC(C)C)c1. The number of carbonyl (C=O) groups is 2. The lowest BCUT2D eigenvalue weighted by Gasteiger charge is -2.26. The minimum Gasteiger partial charge on any atom is -0.507 e. The first-order chi connectivity index (χ1) is 16.8. The van der Waals surface area contributed by atoms with Crippen LogP contribution in [0.15, 0.2) is 78.4 Å². The minimum absolute atomic E-state index is 0.00826. The number of Topliss-reactive ketones (excluding diaryl/α,β-unsaturated/α-hetero) is 1. The first kappa shape index (κ1) is 24.4. The molecule has 1 saturated heterocycles. The molecule has 180 valence electrons. The number of benzene rings is 3. The molecule has 6 nitrogen and oxygen atoms in total. The van der Waals surface area contributed by atoms with Crippen LogP contribution in [0.2, 0.25) is 5.02 Å². The van der Waals surface area contributed by atoms with E-state index < -0.39 is 17.7 Å². The molecule has 0 aromatic heterocycles. The average Bonchev–Trinajstić information content (AvgIpc) is 3.09. The molecule has 1 amide bonds. The molecule has 0 spiro atoms. The third kappa shape index (κ3) is 5.03. The quantitative estimate of drug-likeness (QED) is 0.258. The maximum absolute atomic E-state index is 13.3. The topological polar surface area (TPSA) is 76.1 Å². The highest BCUT2D eigenvalue weighted by Gasteiger charge is 2.46. The molecule has 0 aliphatic carbocycles. The van der Waals surface area contributed by atoms with E-state index in [0.29, 0.717) is 27.6 Å².